The van der Waals surface area contributed by atoms with Crippen LogP contribution in [0.15, 0.2) is 24.3 Å². The molecule has 1 aromatic rings. The molecule has 0 aliphatic heterocycles. The number of benzene rings is 1. The van der Waals surface area contributed by atoms with E-state index < -0.39 is 0 Å². The van der Waals surface area contributed by atoms with Gasteiger partial charge >= 0.3 is 0 Å². The summed E-state index contributed by atoms with van der Waals surface area (Å²) in [6, 6.07) is 8.69. The summed E-state index contributed by atoms with van der Waals surface area (Å²) in [5, 5.41) is 13.4. The summed E-state index contributed by atoms with van der Waals surface area (Å²) in [6.45, 7) is 3.47. The van der Waals surface area contributed by atoms with Gasteiger partial charge in [0.1, 0.15) is 5.75 Å². The van der Waals surface area contributed by atoms with Crippen LogP contribution in [-0.2, 0) is 6.42 Å². The second kappa shape index (κ2) is 7.81. The molecular weight excluding hydrogens is 262 g/mol. The standard InChI is InChI=1S/C18H29NO2/c1-15(12-16-6-8-17(21-2)9-7-16)19-13-18(14-20)10-4-3-5-11-18/h6-9,15,19-20H,3-5,10-14H2,1-2H3. The van der Waals surface area contributed by atoms with Crippen molar-refractivity contribution in [3.63, 3.8) is 0 Å². The topological polar surface area (TPSA) is 41.5 Å². The molecule has 1 fully saturated rings. The fourth-order valence-electron chi connectivity index (χ4n) is 3.27. The third-order valence-corrected chi connectivity index (χ3v) is 4.78. The molecule has 1 saturated carbocycles. The number of ether oxygens (including phenoxy) is 1. The van der Waals surface area contributed by atoms with Crippen LogP contribution in [-0.4, -0.2) is 31.4 Å². The Balaban J connectivity index is 1.81. The van der Waals surface area contributed by atoms with Crippen LogP contribution in [0.1, 0.15) is 44.6 Å². The molecule has 0 aromatic heterocycles. The molecule has 2 rings (SSSR count). The van der Waals surface area contributed by atoms with E-state index in [1.54, 1.807) is 7.11 Å². The molecule has 3 heteroatoms. The summed E-state index contributed by atoms with van der Waals surface area (Å²) in [4.78, 5) is 0. The van der Waals surface area contributed by atoms with E-state index >= 15 is 0 Å². The maximum Gasteiger partial charge on any atom is 0.118 e. The fourth-order valence-corrected chi connectivity index (χ4v) is 3.27. The van der Waals surface area contributed by atoms with Gasteiger partial charge in [0.2, 0.25) is 0 Å². The molecule has 118 valence electrons. The summed E-state index contributed by atoms with van der Waals surface area (Å²) in [5.74, 6) is 0.904. The van der Waals surface area contributed by atoms with E-state index in [9.17, 15) is 5.11 Å². The van der Waals surface area contributed by atoms with Gasteiger partial charge in [-0.2, -0.15) is 0 Å². The number of aliphatic hydroxyl groups is 1. The van der Waals surface area contributed by atoms with Crippen LogP contribution in [0, 0.1) is 5.41 Å². The quantitative estimate of drug-likeness (QED) is 0.811. The zero-order valence-electron chi connectivity index (χ0n) is 13.4. The van der Waals surface area contributed by atoms with Crippen molar-refractivity contribution >= 4 is 0 Å². The van der Waals surface area contributed by atoms with Gasteiger partial charge in [-0.25, -0.2) is 0 Å². The molecule has 2 N–H and O–H groups in total. The monoisotopic (exact) mass is 291 g/mol. The van der Waals surface area contributed by atoms with E-state index in [0.717, 1.165) is 31.6 Å². The Bertz CT molecular complexity index is 410. The highest BCUT2D eigenvalue weighted by atomic mass is 16.5. The third kappa shape index (κ3) is 4.72. The first-order chi connectivity index (χ1) is 10.2. The minimum atomic E-state index is 0.117. The minimum Gasteiger partial charge on any atom is -0.497 e. The van der Waals surface area contributed by atoms with E-state index in [1.165, 1.54) is 24.8 Å². The molecule has 0 saturated heterocycles. The first-order valence-electron chi connectivity index (χ1n) is 8.15. The Labute approximate surface area is 128 Å². The van der Waals surface area contributed by atoms with Crippen LogP contribution >= 0.6 is 0 Å². The Kier molecular flexibility index (Phi) is 6.07. The Morgan fingerprint density at radius 3 is 2.43 bits per heavy atom. The molecular formula is C18H29NO2. The minimum absolute atomic E-state index is 0.117. The van der Waals surface area contributed by atoms with Crippen molar-refractivity contribution in [2.75, 3.05) is 20.3 Å². The van der Waals surface area contributed by atoms with E-state index in [0.29, 0.717) is 12.6 Å². The number of methoxy groups -OCH3 is 1. The zero-order valence-corrected chi connectivity index (χ0v) is 13.4. The second-order valence-corrected chi connectivity index (χ2v) is 6.55. The molecule has 0 bridgehead atoms. The summed E-state index contributed by atoms with van der Waals surface area (Å²) >= 11 is 0. The Morgan fingerprint density at radius 2 is 1.86 bits per heavy atom. The number of aliphatic hydroxyl groups excluding tert-OH is 1. The van der Waals surface area contributed by atoms with Crippen molar-refractivity contribution in [1.82, 2.24) is 5.32 Å². The molecule has 0 heterocycles. The molecule has 1 aliphatic carbocycles. The maximum atomic E-state index is 9.75. The fraction of sp³-hybridized carbons (Fsp3) is 0.667. The maximum absolute atomic E-state index is 9.75. The lowest BCUT2D eigenvalue weighted by atomic mass is 9.74. The van der Waals surface area contributed by atoms with Crippen LogP contribution in [0.4, 0.5) is 0 Å². The first-order valence-corrected chi connectivity index (χ1v) is 8.15. The number of rotatable bonds is 7. The van der Waals surface area contributed by atoms with Gasteiger partial charge in [-0.1, -0.05) is 31.4 Å². The van der Waals surface area contributed by atoms with Gasteiger partial charge in [-0.05, 0) is 43.9 Å². The van der Waals surface area contributed by atoms with Gasteiger partial charge in [0.15, 0.2) is 0 Å². The predicted octanol–water partition coefficient (Wildman–Crippen LogP) is 3.16. The van der Waals surface area contributed by atoms with E-state index in [4.69, 9.17) is 4.74 Å². The van der Waals surface area contributed by atoms with Crippen LogP contribution in [0.2, 0.25) is 0 Å². The van der Waals surface area contributed by atoms with Crippen LogP contribution in [0.5, 0.6) is 5.75 Å². The van der Waals surface area contributed by atoms with Gasteiger partial charge in [0.05, 0.1) is 7.11 Å². The molecule has 1 atom stereocenters. The van der Waals surface area contributed by atoms with Crippen LogP contribution in [0.25, 0.3) is 0 Å². The lowest BCUT2D eigenvalue weighted by Gasteiger charge is -2.36. The number of hydrogen-bond acceptors (Lipinski definition) is 3. The molecule has 0 amide bonds. The van der Waals surface area contributed by atoms with Gasteiger partial charge in [0.25, 0.3) is 0 Å². The van der Waals surface area contributed by atoms with Crippen molar-refractivity contribution < 1.29 is 9.84 Å². The highest BCUT2D eigenvalue weighted by molar-refractivity contribution is 5.27. The van der Waals surface area contributed by atoms with E-state index in [1.807, 2.05) is 12.1 Å². The van der Waals surface area contributed by atoms with Crippen LogP contribution < -0.4 is 10.1 Å². The van der Waals surface area contributed by atoms with Gasteiger partial charge in [-0.3, -0.25) is 0 Å². The normalized spacial score (nSPS) is 19.2. The lowest BCUT2D eigenvalue weighted by Crippen LogP contribution is -2.42. The number of nitrogens with one attached hydrogen (secondary N) is 1. The average molecular weight is 291 g/mol. The molecule has 3 nitrogen and oxygen atoms in total. The van der Waals surface area contributed by atoms with Gasteiger partial charge < -0.3 is 15.2 Å². The summed E-state index contributed by atoms with van der Waals surface area (Å²) < 4.78 is 5.19. The van der Waals surface area contributed by atoms with Crippen molar-refractivity contribution in [3.05, 3.63) is 29.8 Å². The Morgan fingerprint density at radius 1 is 1.19 bits per heavy atom. The summed E-state index contributed by atoms with van der Waals surface area (Å²) in [6.07, 6.45) is 7.16. The third-order valence-electron chi connectivity index (χ3n) is 4.78. The molecule has 21 heavy (non-hydrogen) atoms. The summed E-state index contributed by atoms with van der Waals surface area (Å²) in [7, 11) is 1.69. The summed E-state index contributed by atoms with van der Waals surface area (Å²) in [5.41, 5.74) is 1.43. The largest absolute Gasteiger partial charge is 0.497 e. The zero-order chi connectivity index (χ0) is 15.1. The molecule has 1 aliphatic rings. The van der Waals surface area contributed by atoms with Gasteiger partial charge in [-0.15, -0.1) is 0 Å². The highest BCUT2D eigenvalue weighted by Crippen LogP contribution is 2.35. The molecule has 0 spiro atoms. The molecule has 1 unspecified atom stereocenters. The van der Waals surface area contributed by atoms with Crippen molar-refractivity contribution in [2.24, 2.45) is 5.41 Å². The predicted molar refractivity (Wildman–Crippen MR) is 86.8 cm³/mol. The Hall–Kier alpha value is -1.06. The lowest BCUT2D eigenvalue weighted by molar-refractivity contribution is 0.0789. The molecule has 1 aromatic carbocycles. The molecule has 0 radical (unpaired) electrons. The number of hydrogen-bond donors (Lipinski definition) is 2. The first kappa shape index (κ1) is 16.3. The second-order valence-electron chi connectivity index (χ2n) is 6.55. The smallest absolute Gasteiger partial charge is 0.118 e. The SMILES string of the molecule is COc1ccc(CC(C)NCC2(CO)CCCCC2)cc1. The average Bonchev–Trinajstić information content (AvgIpc) is 2.54. The highest BCUT2D eigenvalue weighted by Gasteiger charge is 2.31. The van der Waals surface area contributed by atoms with E-state index in [2.05, 4.69) is 24.4 Å². The van der Waals surface area contributed by atoms with Crippen molar-refractivity contribution in [3.8, 4) is 5.75 Å². The van der Waals surface area contributed by atoms with Crippen LogP contribution in [0.3, 0.4) is 0 Å². The van der Waals surface area contributed by atoms with Crippen molar-refractivity contribution in [2.45, 2.75) is 51.5 Å². The van der Waals surface area contributed by atoms with Crippen molar-refractivity contribution in [1.29, 1.82) is 0 Å². The van der Waals surface area contributed by atoms with E-state index in [-0.39, 0.29) is 5.41 Å². The van der Waals surface area contributed by atoms with Gasteiger partial charge in [0, 0.05) is 24.6 Å².